The molecule has 5 nitrogen and oxygen atoms in total. The average molecular weight is 392 g/mol. The van der Waals surface area contributed by atoms with Crippen LogP contribution in [0, 0.1) is 10.5 Å². The van der Waals surface area contributed by atoms with Gasteiger partial charge in [0, 0.05) is 21.6 Å². The summed E-state index contributed by atoms with van der Waals surface area (Å²) in [6, 6.07) is 9.32. The SMILES string of the molecule is Cc1nn(C)c2ncc(NC(=O)c3ccc(I)cc3)cc12. The van der Waals surface area contributed by atoms with E-state index >= 15 is 0 Å². The predicted octanol–water partition coefficient (Wildman–Crippen LogP) is 3.13. The van der Waals surface area contributed by atoms with Crippen molar-refractivity contribution in [3.05, 3.63) is 51.4 Å². The van der Waals surface area contributed by atoms with Crippen LogP contribution in [0.3, 0.4) is 0 Å². The van der Waals surface area contributed by atoms with Crippen LogP contribution in [-0.2, 0) is 7.05 Å². The van der Waals surface area contributed by atoms with Crippen LogP contribution in [0.5, 0.6) is 0 Å². The van der Waals surface area contributed by atoms with E-state index in [1.54, 1.807) is 23.0 Å². The first-order chi connectivity index (χ1) is 10.0. The van der Waals surface area contributed by atoms with E-state index in [-0.39, 0.29) is 5.91 Å². The second-order valence-corrected chi connectivity index (χ2v) is 6.01. The molecule has 0 spiro atoms. The average Bonchev–Trinajstić information content (AvgIpc) is 2.74. The van der Waals surface area contributed by atoms with Crippen molar-refractivity contribution in [2.24, 2.45) is 7.05 Å². The fourth-order valence-electron chi connectivity index (χ4n) is 2.18. The number of rotatable bonds is 2. The molecule has 21 heavy (non-hydrogen) atoms. The van der Waals surface area contributed by atoms with Gasteiger partial charge in [0.15, 0.2) is 5.65 Å². The minimum Gasteiger partial charge on any atom is -0.321 e. The number of halogens is 1. The van der Waals surface area contributed by atoms with Crippen molar-refractivity contribution in [2.45, 2.75) is 6.92 Å². The summed E-state index contributed by atoms with van der Waals surface area (Å²) in [6.45, 7) is 1.93. The maximum atomic E-state index is 12.2. The third-order valence-electron chi connectivity index (χ3n) is 3.23. The number of benzene rings is 1. The molecule has 0 atom stereocenters. The van der Waals surface area contributed by atoms with Gasteiger partial charge in [0.1, 0.15) is 0 Å². The molecule has 0 radical (unpaired) electrons. The third kappa shape index (κ3) is 2.76. The number of hydrogen-bond donors (Lipinski definition) is 1. The van der Waals surface area contributed by atoms with Crippen molar-refractivity contribution >= 4 is 45.2 Å². The van der Waals surface area contributed by atoms with Crippen LogP contribution in [0.15, 0.2) is 36.5 Å². The van der Waals surface area contributed by atoms with Crippen LogP contribution in [0.2, 0.25) is 0 Å². The molecule has 1 N–H and O–H groups in total. The van der Waals surface area contributed by atoms with Crippen LogP contribution < -0.4 is 5.32 Å². The zero-order valence-corrected chi connectivity index (χ0v) is 13.7. The van der Waals surface area contributed by atoms with Gasteiger partial charge in [-0.25, -0.2) is 4.98 Å². The second kappa shape index (κ2) is 5.44. The van der Waals surface area contributed by atoms with Crippen molar-refractivity contribution in [3.8, 4) is 0 Å². The molecule has 0 fully saturated rings. The molecule has 0 aliphatic heterocycles. The van der Waals surface area contributed by atoms with Gasteiger partial charge in [0.2, 0.25) is 0 Å². The zero-order valence-electron chi connectivity index (χ0n) is 11.6. The molecule has 0 bridgehead atoms. The summed E-state index contributed by atoms with van der Waals surface area (Å²) >= 11 is 2.21. The van der Waals surface area contributed by atoms with E-state index in [9.17, 15) is 4.79 Å². The molecule has 0 saturated carbocycles. The van der Waals surface area contributed by atoms with E-state index in [1.807, 2.05) is 32.2 Å². The lowest BCUT2D eigenvalue weighted by molar-refractivity contribution is 0.102. The number of hydrogen-bond acceptors (Lipinski definition) is 3. The maximum Gasteiger partial charge on any atom is 0.255 e. The monoisotopic (exact) mass is 392 g/mol. The van der Waals surface area contributed by atoms with E-state index in [2.05, 4.69) is 38.0 Å². The van der Waals surface area contributed by atoms with Crippen molar-refractivity contribution in [1.29, 1.82) is 0 Å². The lowest BCUT2D eigenvalue weighted by atomic mass is 10.2. The number of amides is 1. The fourth-order valence-corrected chi connectivity index (χ4v) is 2.54. The molecule has 2 heterocycles. The summed E-state index contributed by atoms with van der Waals surface area (Å²) in [5.41, 5.74) is 2.99. The van der Waals surface area contributed by atoms with Gasteiger partial charge in [-0.05, 0) is 59.8 Å². The number of pyridine rings is 1. The molecule has 3 rings (SSSR count). The Labute approximate surface area is 135 Å². The first kappa shape index (κ1) is 14.0. The summed E-state index contributed by atoms with van der Waals surface area (Å²) in [5.74, 6) is -0.144. The maximum absolute atomic E-state index is 12.2. The first-order valence-electron chi connectivity index (χ1n) is 6.41. The van der Waals surface area contributed by atoms with Gasteiger partial charge in [-0.1, -0.05) is 0 Å². The molecule has 0 saturated heterocycles. The molecule has 0 aliphatic carbocycles. The highest BCUT2D eigenvalue weighted by Crippen LogP contribution is 2.19. The molecule has 1 amide bonds. The highest BCUT2D eigenvalue weighted by molar-refractivity contribution is 14.1. The van der Waals surface area contributed by atoms with Gasteiger partial charge >= 0.3 is 0 Å². The van der Waals surface area contributed by atoms with Crippen molar-refractivity contribution < 1.29 is 4.79 Å². The van der Waals surface area contributed by atoms with Gasteiger partial charge in [-0.2, -0.15) is 5.10 Å². The Morgan fingerprint density at radius 3 is 2.71 bits per heavy atom. The quantitative estimate of drug-likeness (QED) is 0.682. The van der Waals surface area contributed by atoms with Gasteiger partial charge in [0.05, 0.1) is 17.6 Å². The summed E-state index contributed by atoms with van der Waals surface area (Å²) in [4.78, 5) is 16.5. The van der Waals surface area contributed by atoms with Crippen molar-refractivity contribution in [2.75, 3.05) is 5.32 Å². The standard InChI is InChI=1S/C15H13IN4O/c1-9-13-7-12(8-17-14(13)20(2)19-9)18-15(21)10-3-5-11(16)6-4-10/h3-8H,1-2H3,(H,18,21). The molecular weight excluding hydrogens is 379 g/mol. The van der Waals surface area contributed by atoms with Crippen LogP contribution in [0.1, 0.15) is 16.1 Å². The topological polar surface area (TPSA) is 59.8 Å². The molecule has 3 aromatic rings. The highest BCUT2D eigenvalue weighted by Gasteiger charge is 2.10. The van der Waals surface area contributed by atoms with Crippen LogP contribution in [0.25, 0.3) is 11.0 Å². The zero-order chi connectivity index (χ0) is 15.0. The van der Waals surface area contributed by atoms with Gasteiger partial charge in [-0.3, -0.25) is 9.48 Å². The number of anilines is 1. The molecular formula is C15H13IN4O. The smallest absolute Gasteiger partial charge is 0.255 e. The van der Waals surface area contributed by atoms with Crippen LogP contribution >= 0.6 is 22.6 Å². The van der Waals surface area contributed by atoms with Crippen LogP contribution in [0.4, 0.5) is 5.69 Å². The minimum absolute atomic E-state index is 0.144. The normalized spacial score (nSPS) is 10.8. The number of carbonyl (C=O) groups excluding carboxylic acids is 1. The fraction of sp³-hybridized carbons (Fsp3) is 0.133. The summed E-state index contributed by atoms with van der Waals surface area (Å²) < 4.78 is 2.83. The van der Waals surface area contributed by atoms with E-state index in [1.165, 1.54) is 0 Å². The lowest BCUT2D eigenvalue weighted by Gasteiger charge is -2.05. The highest BCUT2D eigenvalue weighted by atomic mass is 127. The lowest BCUT2D eigenvalue weighted by Crippen LogP contribution is -2.12. The Bertz CT molecular complexity index is 824. The second-order valence-electron chi connectivity index (χ2n) is 4.77. The van der Waals surface area contributed by atoms with E-state index in [0.29, 0.717) is 11.3 Å². The predicted molar refractivity (Wildman–Crippen MR) is 90.4 cm³/mol. The van der Waals surface area contributed by atoms with Crippen LogP contribution in [-0.4, -0.2) is 20.7 Å². The van der Waals surface area contributed by atoms with Gasteiger partial charge in [-0.15, -0.1) is 0 Å². The Morgan fingerprint density at radius 2 is 2.00 bits per heavy atom. The Morgan fingerprint density at radius 1 is 1.29 bits per heavy atom. The van der Waals surface area contributed by atoms with E-state index < -0.39 is 0 Å². The van der Waals surface area contributed by atoms with E-state index in [0.717, 1.165) is 20.3 Å². The molecule has 0 unspecified atom stereocenters. The summed E-state index contributed by atoms with van der Waals surface area (Å²) in [6.07, 6.45) is 1.65. The Balaban J connectivity index is 1.89. The largest absolute Gasteiger partial charge is 0.321 e. The molecule has 6 heteroatoms. The van der Waals surface area contributed by atoms with Gasteiger partial charge < -0.3 is 5.32 Å². The molecule has 0 aliphatic rings. The van der Waals surface area contributed by atoms with Gasteiger partial charge in [0.25, 0.3) is 5.91 Å². The Kier molecular flexibility index (Phi) is 3.62. The summed E-state index contributed by atoms with van der Waals surface area (Å²) in [7, 11) is 1.85. The van der Waals surface area contributed by atoms with Crippen molar-refractivity contribution in [1.82, 2.24) is 14.8 Å². The number of aryl methyl sites for hydroxylation is 2. The third-order valence-corrected chi connectivity index (χ3v) is 3.95. The first-order valence-corrected chi connectivity index (χ1v) is 7.49. The van der Waals surface area contributed by atoms with E-state index in [4.69, 9.17) is 0 Å². The Hall–Kier alpha value is -1.96. The number of nitrogens with zero attached hydrogens (tertiary/aromatic N) is 3. The molecule has 2 aromatic heterocycles. The molecule has 106 valence electrons. The summed E-state index contributed by atoms with van der Waals surface area (Å²) in [5, 5.41) is 8.13. The number of fused-ring (bicyclic) bond motifs is 1. The number of carbonyl (C=O) groups is 1. The number of nitrogens with one attached hydrogen (secondary N) is 1. The van der Waals surface area contributed by atoms with Crippen molar-refractivity contribution in [3.63, 3.8) is 0 Å². The molecule has 1 aromatic carbocycles. The number of aromatic nitrogens is 3. The minimum atomic E-state index is -0.144.